The third-order valence-corrected chi connectivity index (χ3v) is 3.19. The van der Waals surface area contributed by atoms with E-state index in [-0.39, 0.29) is 0 Å². The van der Waals surface area contributed by atoms with Crippen molar-refractivity contribution >= 4 is 5.69 Å². The second-order valence-electron chi connectivity index (χ2n) is 4.89. The van der Waals surface area contributed by atoms with Gasteiger partial charge in [-0.25, -0.2) is 0 Å². The highest BCUT2D eigenvalue weighted by Gasteiger charge is 2.06. The zero-order valence-corrected chi connectivity index (χ0v) is 12.1. The molecule has 0 aliphatic rings. The minimum atomic E-state index is 0.503. The second-order valence-corrected chi connectivity index (χ2v) is 4.89. The highest BCUT2D eigenvalue weighted by molar-refractivity contribution is 5.46. The van der Waals surface area contributed by atoms with Crippen molar-refractivity contribution in [1.82, 2.24) is 0 Å². The lowest BCUT2D eigenvalue weighted by Gasteiger charge is -2.12. The summed E-state index contributed by atoms with van der Waals surface area (Å²) in [5, 5.41) is 0. The minimum absolute atomic E-state index is 0.503. The predicted octanol–water partition coefficient (Wildman–Crippen LogP) is 4.64. The highest BCUT2D eigenvalue weighted by Crippen LogP contribution is 2.32. The molecule has 0 radical (unpaired) electrons. The highest BCUT2D eigenvalue weighted by atomic mass is 16.5. The Morgan fingerprint density at radius 3 is 2.05 bits per heavy atom. The zero-order valence-electron chi connectivity index (χ0n) is 12.1. The van der Waals surface area contributed by atoms with Crippen molar-refractivity contribution in [2.45, 2.75) is 6.61 Å². The van der Waals surface area contributed by atoms with Crippen molar-refractivity contribution in [3.63, 3.8) is 0 Å². The van der Waals surface area contributed by atoms with Gasteiger partial charge in [-0.2, -0.15) is 0 Å². The lowest BCUT2D eigenvalue weighted by atomic mass is 10.2. The van der Waals surface area contributed by atoms with E-state index in [2.05, 4.69) is 0 Å². The molecule has 2 N–H and O–H groups in total. The van der Waals surface area contributed by atoms with Gasteiger partial charge < -0.3 is 15.2 Å². The van der Waals surface area contributed by atoms with Crippen LogP contribution in [-0.2, 0) is 6.61 Å². The monoisotopic (exact) mass is 291 g/mol. The molecule has 3 nitrogen and oxygen atoms in total. The molecule has 0 aliphatic heterocycles. The van der Waals surface area contributed by atoms with E-state index in [0.717, 1.165) is 11.3 Å². The molecule has 0 fully saturated rings. The number of para-hydroxylation sites is 2. The number of benzene rings is 3. The van der Waals surface area contributed by atoms with Crippen molar-refractivity contribution in [3.8, 4) is 17.2 Å². The molecule has 0 atom stereocenters. The summed E-state index contributed by atoms with van der Waals surface area (Å²) in [6.07, 6.45) is 0. The standard InChI is InChI=1S/C19H17NO2/c20-16-10-12-17(13-11-16)22-19-9-5-4-8-18(19)21-14-15-6-2-1-3-7-15/h1-13H,14,20H2. The number of ether oxygens (including phenoxy) is 2. The molecule has 0 saturated carbocycles. The Morgan fingerprint density at radius 1 is 0.682 bits per heavy atom. The van der Waals surface area contributed by atoms with Gasteiger partial charge >= 0.3 is 0 Å². The average molecular weight is 291 g/mol. The van der Waals surface area contributed by atoms with E-state index in [1.807, 2.05) is 78.9 Å². The number of hydrogen-bond acceptors (Lipinski definition) is 3. The van der Waals surface area contributed by atoms with E-state index in [9.17, 15) is 0 Å². The largest absolute Gasteiger partial charge is 0.485 e. The van der Waals surface area contributed by atoms with Gasteiger partial charge in [0.25, 0.3) is 0 Å². The molecule has 110 valence electrons. The Kier molecular flexibility index (Phi) is 4.25. The van der Waals surface area contributed by atoms with Gasteiger partial charge in [0.1, 0.15) is 12.4 Å². The Balaban J connectivity index is 1.73. The van der Waals surface area contributed by atoms with E-state index in [1.54, 1.807) is 0 Å². The van der Waals surface area contributed by atoms with E-state index in [0.29, 0.717) is 23.8 Å². The Bertz CT molecular complexity index is 724. The van der Waals surface area contributed by atoms with E-state index in [1.165, 1.54) is 0 Å². The quantitative estimate of drug-likeness (QED) is 0.696. The van der Waals surface area contributed by atoms with Crippen LogP contribution in [0.25, 0.3) is 0 Å². The third-order valence-electron chi connectivity index (χ3n) is 3.19. The van der Waals surface area contributed by atoms with E-state index >= 15 is 0 Å². The first kappa shape index (κ1) is 14.0. The molecule has 3 aromatic carbocycles. The van der Waals surface area contributed by atoms with Gasteiger partial charge in [0.15, 0.2) is 11.5 Å². The zero-order chi connectivity index (χ0) is 15.2. The number of nitrogens with two attached hydrogens (primary N) is 1. The van der Waals surface area contributed by atoms with Crippen LogP contribution in [0, 0.1) is 0 Å². The maximum Gasteiger partial charge on any atom is 0.169 e. The van der Waals surface area contributed by atoms with Crippen molar-refractivity contribution in [3.05, 3.63) is 84.4 Å². The molecule has 3 heteroatoms. The Hall–Kier alpha value is -2.94. The summed E-state index contributed by atoms with van der Waals surface area (Å²) in [6, 6.07) is 25.0. The number of anilines is 1. The summed E-state index contributed by atoms with van der Waals surface area (Å²) in [7, 11) is 0. The molecule has 0 aliphatic carbocycles. The van der Waals surface area contributed by atoms with Crippen LogP contribution in [0.3, 0.4) is 0 Å². The number of hydrogen-bond donors (Lipinski definition) is 1. The lowest BCUT2D eigenvalue weighted by molar-refractivity contribution is 0.291. The van der Waals surface area contributed by atoms with Crippen LogP contribution < -0.4 is 15.2 Å². The van der Waals surface area contributed by atoms with E-state index < -0.39 is 0 Å². The van der Waals surface area contributed by atoms with Crippen LogP contribution in [0.15, 0.2) is 78.9 Å². The van der Waals surface area contributed by atoms with Crippen molar-refractivity contribution in [2.75, 3.05) is 5.73 Å². The summed E-state index contributed by atoms with van der Waals surface area (Å²) in [5.74, 6) is 2.12. The summed E-state index contributed by atoms with van der Waals surface area (Å²) < 4.78 is 11.7. The van der Waals surface area contributed by atoms with Crippen molar-refractivity contribution in [2.24, 2.45) is 0 Å². The summed E-state index contributed by atoms with van der Waals surface area (Å²) in [4.78, 5) is 0. The fraction of sp³-hybridized carbons (Fsp3) is 0.0526. The van der Waals surface area contributed by atoms with Crippen molar-refractivity contribution < 1.29 is 9.47 Å². The van der Waals surface area contributed by atoms with Crippen LogP contribution in [0.5, 0.6) is 17.2 Å². The molecule has 0 bridgehead atoms. The van der Waals surface area contributed by atoms with Gasteiger partial charge in [-0.3, -0.25) is 0 Å². The summed E-state index contributed by atoms with van der Waals surface area (Å²) in [6.45, 7) is 0.503. The third kappa shape index (κ3) is 3.58. The minimum Gasteiger partial charge on any atom is -0.485 e. The SMILES string of the molecule is Nc1ccc(Oc2ccccc2OCc2ccccc2)cc1. The average Bonchev–Trinajstić information content (AvgIpc) is 2.57. The van der Waals surface area contributed by atoms with Gasteiger partial charge in [-0.05, 0) is 42.0 Å². The van der Waals surface area contributed by atoms with Crippen LogP contribution in [0.4, 0.5) is 5.69 Å². The molecule has 3 rings (SSSR count). The van der Waals surface area contributed by atoms with E-state index in [4.69, 9.17) is 15.2 Å². The van der Waals surface area contributed by atoms with Gasteiger partial charge in [0, 0.05) is 5.69 Å². The molecule has 0 unspecified atom stereocenters. The summed E-state index contributed by atoms with van der Waals surface area (Å²) in [5.41, 5.74) is 7.51. The molecule has 0 saturated heterocycles. The van der Waals surface area contributed by atoms with Gasteiger partial charge in [-0.15, -0.1) is 0 Å². The molecule has 3 aromatic rings. The first-order valence-corrected chi connectivity index (χ1v) is 7.10. The lowest BCUT2D eigenvalue weighted by Crippen LogP contribution is -1.97. The maximum atomic E-state index is 5.87. The predicted molar refractivity (Wildman–Crippen MR) is 88.1 cm³/mol. The molecule has 22 heavy (non-hydrogen) atoms. The normalized spacial score (nSPS) is 10.2. The molecule has 0 amide bonds. The first-order valence-electron chi connectivity index (χ1n) is 7.10. The van der Waals surface area contributed by atoms with Gasteiger partial charge in [-0.1, -0.05) is 42.5 Å². The number of rotatable bonds is 5. The smallest absolute Gasteiger partial charge is 0.169 e. The first-order chi connectivity index (χ1) is 10.8. The number of nitrogen functional groups attached to an aromatic ring is 1. The van der Waals surface area contributed by atoms with Gasteiger partial charge in [0.2, 0.25) is 0 Å². The fourth-order valence-electron chi connectivity index (χ4n) is 2.05. The second kappa shape index (κ2) is 6.68. The van der Waals surface area contributed by atoms with Crippen LogP contribution in [-0.4, -0.2) is 0 Å². The fourth-order valence-corrected chi connectivity index (χ4v) is 2.05. The van der Waals surface area contributed by atoms with Gasteiger partial charge in [0.05, 0.1) is 0 Å². The van der Waals surface area contributed by atoms with Crippen LogP contribution in [0.1, 0.15) is 5.56 Å². The molecule has 0 aromatic heterocycles. The Morgan fingerprint density at radius 2 is 1.32 bits per heavy atom. The molecule has 0 heterocycles. The Labute approximate surface area is 129 Å². The van der Waals surface area contributed by atoms with Crippen LogP contribution in [0.2, 0.25) is 0 Å². The molecular formula is C19H17NO2. The molecular weight excluding hydrogens is 274 g/mol. The van der Waals surface area contributed by atoms with Crippen molar-refractivity contribution in [1.29, 1.82) is 0 Å². The summed E-state index contributed by atoms with van der Waals surface area (Å²) >= 11 is 0. The topological polar surface area (TPSA) is 44.5 Å². The molecule has 0 spiro atoms. The maximum absolute atomic E-state index is 5.87. The van der Waals surface area contributed by atoms with Crippen LogP contribution >= 0.6 is 0 Å².